The maximum absolute atomic E-state index is 13.0. The lowest BCUT2D eigenvalue weighted by atomic mass is 9.96. The van der Waals surface area contributed by atoms with Gasteiger partial charge in [-0.2, -0.15) is 0 Å². The fourth-order valence-electron chi connectivity index (χ4n) is 1.98. The van der Waals surface area contributed by atoms with E-state index < -0.39 is 42.9 Å². The van der Waals surface area contributed by atoms with Crippen molar-refractivity contribution in [2.75, 3.05) is 13.2 Å². The first-order valence-electron chi connectivity index (χ1n) is 5.79. The molecule has 0 aromatic carbocycles. The summed E-state index contributed by atoms with van der Waals surface area (Å²) in [6, 6.07) is 0. The van der Waals surface area contributed by atoms with Gasteiger partial charge in [0, 0.05) is 18.8 Å². The Morgan fingerprint density at radius 3 is 2.41 bits per heavy atom. The summed E-state index contributed by atoms with van der Waals surface area (Å²) in [7, 11) is 0. The van der Waals surface area contributed by atoms with E-state index in [1.54, 1.807) is 6.92 Å². The second-order valence-electron chi connectivity index (χ2n) is 4.74. The molecule has 1 amide bonds. The zero-order valence-electron chi connectivity index (χ0n) is 9.88. The van der Waals surface area contributed by atoms with E-state index in [1.807, 2.05) is 0 Å². The van der Waals surface area contributed by atoms with E-state index in [9.17, 15) is 13.6 Å². The van der Waals surface area contributed by atoms with Crippen molar-refractivity contribution < 1.29 is 23.8 Å². The van der Waals surface area contributed by atoms with Crippen molar-refractivity contribution in [3.05, 3.63) is 0 Å². The zero-order valence-corrected chi connectivity index (χ0v) is 9.88. The standard InChI is InChI=1S/C11H19F2NO3/c1-2-10(6-15,7-16)14-9(17)8-3-4-11(12,13)5-8/h8,15-16H,2-7H2,1H3,(H,14,17). The molecular weight excluding hydrogens is 232 g/mol. The third-order valence-electron chi connectivity index (χ3n) is 3.44. The summed E-state index contributed by atoms with van der Waals surface area (Å²) in [5.41, 5.74) is -1.10. The van der Waals surface area contributed by atoms with E-state index in [4.69, 9.17) is 10.2 Å². The fourth-order valence-corrected chi connectivity index (χ4v) is 1.98. The molecule has 4 nitrogen and oxygen atoms in total. The number of hydrogen-bond acceptors (Lipinski definition) is 3. The average Bonchev–Trinajstić information content (AvgIpc) is 2.67. The minimum Gasteiger partial charge on any atom is -0.394 e. The molecule has 0 heterocycles. The Labute approximate surface area is 99.0 Å². The number of carbonyl (C=O) groups is 1. The number of nitrogens with one attached hydrogen (secondary N) is 1. The molecule has 0 aromatic rings. The summed E-state index contributed by atoms with van der Waals surface area (Å²) >= 11 is 0. The summed E-state index contributed by atoms with van der Waals surface area (Å²) in [4.78, 5) is 11.8. The van der Waals surface area contributed by atoms with Crippen LogP contribution in [0.3, 0.4) is 0 Å². The highest BCUT2D eigenvalue weighted by Crippen LogP contribution is 2.39. The van der Waals surface area contributed by atoms with Gasteiger partial charge in [0.15, 0.2) is 0 Å². The summed E-state index contributed by atoms with van der Waals surface area (Å²) in [6.45, 7) is 0.889. The topological polar surface area (TPSA) is 69.6 Å². The van der Waals surface area contributed by atoms with Crippen LogP contribution in [0.1, 0.15) is 32.6 Å². The second kappa shape index (κ2) is 5.27. The van der Waals surface area contributed by atoms with Crippen molar-refractivity contribution in [2.24, 2.45) is 5.92 Å². The molecule has 1 unspecified atom stereocenters. The lowest BCUT2D eigenvalue weighted by Crippen LogP contribution is -2.55. The van der Waals surface area contributed by atoms with Crippen LogP contribution >= 0.6 is 0 Å². The van der Waals surface area contributed by atoms with Gasteiger partial charge < -0.3 is 15.5 Å². The van der Waals surface area contributed by atoms with E-state index in [0.717, 1.165) is 0 Å². The number of carbonyl (C=O) groups excluding carboxylic acids is 1. The molecule has 1 aliphatic rings. The molecule has 100 valence electrons. The summed E-state index contributed by atoms with van der Waals surface area (Å²) < 4.78 is 25.9. The Kier molecular flexibility index (Phi) is 4.43. The van der Waals surface area contributed by atoms with Crippen LogP contribution in [0.5, 0.6) is 0 Å². The van der Waals surface area contributed by atoms with Gasteiger partial charge in [-0.3, -0.25) is 4.79 Å². The molecule has 1 saturated carbocycles. The van der Waals surface area contributed by atoms with Gasteiger partial charge in [-0.15, -0.1) is 0 Å². The van der Waals surface area contributed by atoms with E-state index in [0.29, 0.717) is 6.42 Å². The van der Waals surface area contributed by atoms with Crippen LogP contribution in [0, 0.1) is 5.92 Å². The zero-order chi connectivity index (χ0) is 13.1. The molecule has 0 spiro atoms. The SMILES string of the molecule is CCC(CO)(CO)NC(=O)C1CCC(F)(F)C1. The van der Waals surface area contributed by atoms with Crippen LogP contribution in [-0.2, 0) is 4.79 Å². The van der Waals surface area contributed by atoms with Gasteiger partial charge in [0.05, 0.1) is 18.8 Å². The summed E-state index contributed by atoms with van der Waals surface area (Å²) in [6.07, 6.45) is -0.234. The predicted octanol–water partition coefficient (Wildman–Crippen LogP) is 0.671. The highest BCUT2D eigenvalue weighted by Gasteiger charge is 2.43. The first-order chi connectivity index (χ1) is 7.88. The first-order valence-corrected chi connectivity index (χ1v) is 5.79. The van der Waals surface area contributed by atoms with E-state index in [2.05, 4.69) is 5.32 Å². The average molecular weight is 251 g/mol. The maximum atomic E-state index is 13.0. The number of hydrogen-bond donors (Lipinski definition) is 3. The second-order valence-corrected chi connectivity index (χ2v) is 4.74. The number of rotatable bonds is 5. The molecule has 1 fully saturated rings. The molecule has 0 radical (unpaired) electrons. The minimum atomic E-state index is -2.77. The minimum absolute atomic E-state index is 0.148. The Bertz CT molecular complexity index is 272. The smallest absolute Gasteiger partial charge is 0.248 e. The molecule has 1 rings (SSSR count). The van der Waals surface area contributed by atoms with E-state index in [-0.39, 0.29) is 12.8 Å². The van der Waals surface area contributed by atoms with E-state index >= 15 is 0 Å². The molecule has 1 aliphatic carbocycles. The monoisotopic (exact) mass is 251 g/mol. The molecule has 0 aromatic heterocycles. The first kappa shape index (κ1) is 14.3. The Hall–Kier alpha value is -0.750. The predicted molar refractivity (Wildman–Crippen MR) is 57.6 cm³/mol. The van der Waals surface area contributed by atoms with Crippen LogP contribution in [0.15, 0.2) is 0 Å². The Morgan fingerprint density at radius 1 is 1.47 bits per heavy atom. The van der Waals surface area contributed by atoms with Crippen molar-refractivity contribution in [1.82, 2.24) is 5.32 Å². The number of amides is 1. The molecule has 0 aliphatic heterocycles. The van der Waals surface area contributed by atoms with Crippen LogP contribution < -0.4 is 5.32 Å². The summed E-state index contributed by atoms with van der Waals surface area (Å²) in [5.74, 6) is -4.00. The Morgan fingerprint density at radius 2 is 2.06 bits per heavy atom. The highest BCUT2D eigenvalue weighted by molar-refractivity contribution is 5.80. The molecule has 17 heavy (non-hydrogen) atoms. The third-order valence-corrected chi connectivity index (χ3v) is 3.44. The number of halogens is 2. The van der Waals surface area contributed by atoms with Crippen molar-refractivity contribution in [2.45, 2.75) is 44.1 Å². The van der Waals surface area contributed by atoms with Crippen LogP contribution in [0.2, 0.25) is 0 Å². The van der Waals surface area contributed by atoms with Gasteiger partial charge in [0.2, 0.25) is 11.8 Å². The third kappa shape index (κ3) is 3.35. The Balaban J connectivity index is 2.60. The van der Waals surface area contributed by atoms with Gasteiger partial charge >= 0.3 is 0 Å². The largest absolute Gasteiger partial charge is 0.394 e. The van der Waals surface area contributed by atoms with Crippen LogP contribution in [0.4, 0.5) is 8.78 Å². The van der Waals surface area contributed by atoms with Crippen molar-refractivity contribution in [1.29, 1.82) is 0 Å². The van der Waals surface area contributed by atoms with Gasteiger partial charge in [0.1, 0.15) is 0 Å². The van der Waals surface area contributed by atoms with Gasteiger partial charge in [-0.05, 0) is 12.8 Å². The number of aliphatic hydroxyl groups excluding tert-OH is 2. The molecule has 6 heteroatoms. The van der Waals surface area contributed by atoms with Crippen LogP contribution in [0.25, 0.3) is 0 Å². The fraction of sp³-hybridized carbons (Fsp3) is 0.909. The van der Waals surface area contributed by atoms with Gasteiger partial charge in [-0.25, -0.2) is 8.78 Å². The molecule has 3 N–H and O–H groups in total. The molecular formula is C11H19F2NO3. The lowest BCUT2D eigenvalue weighted by molar-refractivity contribution is -0.129. The van der Waals surface area contributed by atoms with Crippen LogP contribution in [-0.4, -0.2) is 40.8 Å². The van der Waals surface area contributed by atoms with Crippen molar-refractivity contribution in [3.63, 3.8) is 0 Å². The lowest BCUT2D eigenvalue weighted by Gasteiger charge is -2.31. The highest BCUT2D eigenvalue weighted by atomic mass is 19.3. The van der Waals surface area contributed by atoms with Gasteiger partial charge in [0.25, 0.3) is 0 Å². The molecule has 0 bridgehead atoms. The van der Waals surface area contributed by atoms with Crippen molar-refractivity contribution in [3.8, 4) is 0 Å². The summed E-state index contributed by atoms with van der Waals surface area (Å²) in [5, 5.41) is 20.8. The maximum Gasteiger partial charge on any atom is 0.248 e. The molecule has 1 atom stereocenters. The molecule has 0 saturated heterocycles. The van der Waals surface area contributed by atoms with Gasteiger partial charge in [-0.1, -0.05) is 6.92 Å². The van der Waals surface area contributed by atoms with E-state index in [1.165, 1.54) is 0 Å². The number of aliphatic hydroxyl groups is 2. The number of alkyl halides is 2. The normalized spacial score (nSPS) is 23.7. The van der Waals surface area contributed by atoms with Crippen molar-refractivity contribution >= 4 is 5.91 Å². The quantitative estimate of drug-likeness (QED) is 0.672.